The van der Waals surface area contributed by atoms with Gasteiger partial charge in [0.25, 0.3) is 0 Å². The molecule has 1 aromatic carbocycles. The Morgan fingerprint density at radius 3 is 2.50 bits per heavy atom. The second-order valence-corrected chi connectivity index (χ2v) is 5.70. The molecular weight excluding hydrogens is 244 g/mol. The van der Waals surface area contributed by atoms with Gasteiger partial charge in [-0.15, -0.1) is 0 Å². The highest BCUT2D eigenvalue weighted by Gasteiger charge is 2.34. The molecule has 0 fully saturated rings. The summed E-state index contributed by atoms with van der Waals surface area (Å²) in [6.45, 7) is 3.81. The third-order valence-electron chi connectivity index (χ3n) is 3.21. The minimum absolute atomic E-state index is 0.0461. The second-order valence-electron chi connectivity index (χ2n) is 4.79. The standard InChI is InChI=1S/C14H22N2OS/c1-11(10-18-4)16(3)13(17)14(2,15)12-8-6-5-7-9-12/h5-9,11H,10,15H2,1-4H3. The van der Waals surface area contributed by atoms with Gasteiger partial charge >= 0.3 is 0 Å². The van der Waals surface area contributed by atoms with Crippen LogP contribution < -0.4 is 5.73 Å². The molecule has 1 rings (SSSR count). The zero-order valence-corrected chi connectivity index (χ0v) is 12.3. The van der Waals surface area contributed by atoms with Gasteiger partial charge in [-0.05, 0) is 25.7 Å². The third kappa shape index (κ3) is 3.27. The summed E-state index contributed by atoms with van der Waals surface area (Å²) in [5.74, 6) is 0.864. The van der Waals surface area contributed by atoms with E-state index in [0.29, 0.717) is 0 Å². The summed E-state index contributed by atoms with van der Waals surface area (Å²) in [5, 5.41) is 0. The molecule has 0 aliphatic carbocycles. The van der Waals surface area contributed by atoms with E-state index in [1.54, 1.807) is 23.6 Å². The SMILES string of the molecule is CSCC(C)N(C)C(=O)C(C)(N)c1ccccc1. The molecular formula is C14H22N2OS. The number of hydrogen-bond acceptors (Lipinski definition) is 3. The van der Waals surface area contributed by atoms with Gasteiger partial charge in [-0.2, -0.15) is 11.8 Å². The average molecular weight is 266 g/mol. The van der Waals surface area contributed by atoms with E-state index in [1.165, 1.54) is 0 Å². The van der Waals surface area contributed by atoms with Gasteiger partial charge in [-0.3, -0.25) is 4.79 Å². The number of amides is 1. The summed E-state index contributed by atoms with van der Waals surface area (Å²) in [4.78, 5) is 14.2. The Kier molecular flexibility index (Phi) is 5.23. The van der Waals surface area contributed by atoms with Crippen LogP contribution in [0, 0.1) is 0 Å². The largest absolute Gasteiger partial charge is 0.340 e. The number of nitrogens with two attached hydrogens (primary N) is 1. The Hall–Kier alpha value is -1.00. The van der Waals surface area contributed by atoms with Gasteiger partial charge in [0, 0.05) is 18.8 Å². The summed E-state index contributed by atoms with van der Waals surface area (Å²) < 4.78 is 0. The van der Waals surface area contributed by atoms with Crippen LogP contribution in [0.1, 0.15) is 19.4 Å². The molecule has 1 amide bonds. The van der Waals surface area contributed by atoms with Gasteiger partial charge in [0.1, 0.15) is 5.54 Å². The number of rotatable bonds is 5. The minimum atomic E-state index is -0.970. The van der Waals surface area contributed by atoms with E-state index in [-0.39, 0.29) is 11.9 Å². The van der Waals surface area contributed by atoms with Crippen molar-refractivity contribution in [3.05, 3.63) is 35.9 Å². The number of benzene rings is 1. The van der Waals surface area contributed by atoms with Crippen LogP contribution in [-0.4, -0.2) is 35.9 Å². The first kappa shape index (κ1) is 15.1. The summed E-state index contributed by atoms with van der Waals surface area (Å²) >= 11 is 1.73. The monoisotopic (exact) mass is 266 g/mol. The highest BCUT2D eigenvalue weighted by Crippen LogP contribution is 2.21. The summed E-state index contributed by atoms with van der Waals surface area (Å²) in [5.41, 5.74) is 6.09. The summed E-state index contributed by atoms with van der Waals surface area (Å²) in [6.07, 6.45) is 2.04. The summed E-state index contributed by atoms with van der Waals surface area (Å²) in [7, 11) is 1.82. The van der Waals surface area contributed by atoms with Crippen molar-refractivity contribution in [2.45, 2.75) is 25.4 Å². The molecule has 0 spiro atoms. The van der Waals surface area contributed by atoms with Crippen LogP contribution in [0.15, 0.2) is 30.3 Å². The zero-order valence-electron chi connectivity index (χ0n) is 11.5. The smallest absolute Gasteiger partial charge is 0.246 e. The number of thioether (sulfide) groups is 1. The highest BCUT2D eigenvalue weighted by molar-refractivity contribution is 7.98. The number of likely N-dealkylation sites (N-methyl/N-ethyl adjacent to an activating group) is 1. The quantitative estimate of drug-likeness (QED) is 0.887. The Labute approximate surface area is 114 Å². The molecule has 2 atom stereocenters. The normalized spacial score (nSPS) is 15.8. The van der Waals surface area contributed by atoms with Gasteiger partial charge in [-0.1, -0.05) is 30.3 Å². The maximum atomic E-state index is 12.5. The van der Waals surface area contributed by atoms with Gasteiger partial charge in [0.15, 0.2) is 0 Å². The predicted octanol–water partition coefficient (Wildman–Crippen LogP) is 2.07. The van der Waals surface area contributed by atoms with Crippen LogP contribution in [0.3, 0.4) is 0 Å². The Balaban J connectivity index is 2.88. The topological polar surface area (TPSA) is 46.3 Å². The first-order chi connectivity index (χ1) is 8.41. The molecule has 0 radical (unpaired) electrons. The average Bonchev–Trinajstić information content (AvgIpc) is 2.38. The molecule has 0 aliphatic heterocycles. The zero-order chi connectivity index (χ0) is 13.8. The fourth-order valence-corrected chi connectivity index (χ4v) is 2.53. The molecule has 4 heteroatoms. The lowest BCUT2D eigenvalue weighted by Gasteiger charge is -2.33. The number of carbonyl (C=O) groups is 1. The van der Waals surface area contributed by atoms with Crippen molar-refractivity contribution in [2.24, 2.45) is 5.73 Å². The van der Waals surface area contributed by atoms with E-state index >= 15 is 0 Å². The molecule has 100 valence electrons. The van der Waals surface area contributed by atoms with Crippen molar-refractivity contribution in [1.29, 1.82) is 0 Å². The predicted molar refractivity (Wildman–Crippen MR) is 78.6 cm³/mol. The van der Waals surface area contributed by atoms with Crippen LogP contribution in [0.2, 0.25) is 0 Å². The number of carbonyl (C=O) groups excluding carboxylic acids is 1. The molecule has 0 aromatic heterocycles. The van der Waals surface area contributed by atoms with E-state index in [1.807, 2.05) is 50.6 Å². The van der Waals surface area contributed by atoms with Crippen LogP contribution in [0.25, 0.3) is 0 Å². The van der Waals surface area contributed by atoms with E-state index in [2.05, 4.69) is 0 Å². The first-order valence-corrected chi connectivity index (χ1v) is 7.41. The van der Waals surface area contributed by atoms with Gasteiger partial charge in [0.05, 0.1) is 0 Å². The lowest BCUT2D eigenvalue weighted by molar-refractivity contribution is -0.136. The van der Waals surface area contributed by atoms with Crippen molar-refractivity contribution < 1.29 is 4.79 Å². The minimum Gasteiger partial charge on any atom is -0.340 e. The van der Waals surface area contributed by atoms with Crippen molar-refractivity contribution in [2.75, 3.05) is 19.1 Å². The third-order valence-corrected chi connectivity index (χ3v) is 4.02. The molecule has 0 saturated carbocycles. The molecule has 0 heterocycles. The molecule has 3 nitrogen and oxygen atoms in total. The van der Waals surface area contributed by atoms with Crippen LogP contribution >= 0.6 is 11.8 Å². The molecule has 2 N–H and O–H groups in total. The lowest BCUT2D eigenvalue weighted by atomic mass is 9.91. The van der Waals surface area contributed by atoms with E-state index < -0.39 is 5.54 Å². The molecule has 0 saturated heterocycles. The number of hydrogen-bond donors (Lipinski definition) is 1. The van der Waals surface area contributed by atoms with Gasteiger partial charge in [-0.25, -0.2) is 0 Å². The Morgan fingerprint density at radius 2 is 2.00 bits per heavy atom. The van der Waals surface area contributed by atoms with Crippen molar-refractivity contribution in [1.82, 2.24) is 4.90 Å². The number of nitrogens with zero attached hydrogens (tertiary/aromatic N) is 1. The van der Waals surface area contributed by atoms with Crippen LogP contribution in [0.5, 0.6) is 0 Å². The fraction of sp³-hybridized carbons (Fsp3) is 0.500. The first-order valence-electron chi connectivity index (χ1n) is 6.02. The van der Waals surface area contributed by atoms with Crippen molar-refractivity contribution >= 4 is 17.7 Å². The van der Waals surface area contributed by atoms with Crippen LogP contribution in [-0.2, 0) is 10.3 Å². The van der Waals surface area contributed by atoms with Gasteiger partial charge in [0.2, 0.25) is 5.91 Å². The second kappa shape index (κ2) is 6.25. The Bertz CT molecular complexity index is 392. The van der Waals surface area contributed by atoms with E-state index in [0.717, 1.165) is 11.3 Å². The molecule has 18 heavy (non-hydrogen) atoms. The molecule has 0 aliphatic rings. The molecule has 2 unspecified atom stereocenters. The summed E-state index contributed by atoms with van der Waals surface area (Å²) in [6, 6.07) is 9.69. The van der Waals surface area contributed by atoms with E-state index in [4.69, 9.17) is 5.73 Å². The molecule has 1 aromatic rings. The van der Waals surface area contributed by atoms with Gasteiger partial charge < -0.3 is 10.6 Å². The molecule has 0 bridgehead atoms. The maximum Gasteiger partial charge on any atom is 0.246 e. The van der Waals surface area contributed by atoms with E-state index in [9.17, 15) is 4.79 Å². The fourth-order valence-electron chi connectivity index (χ4n) is 1.83. The lowest BCUT2D eigenvalue weighted by Crippen LogP contribution is -2.52. The van der Waals surface area contributed by atoms with Crippen molar-refractivity contribution in [3.63, 3.8) is 0 Å². The Morgan fingerprint density at radius 1 is 1.44 bits per heavy atom. The van der Waals surface area contributed by atoms with Crippen LogP contribution in [0.4, 0.5) is 0 Å². The maximum absolute atomic E-state index is 12.5. The highest BCUT2D eigenvalue weighted by atomic mass is 32.2. The van der Waals surface area contributed by atoms with Crippen molar-refractivity contribution in [3.8, 4) is 0 Å².